The highest BCUT2D eigenvalue weighted by Crippen LogP contribution is 2.49. The molecule has 3 rings (SSSR count). The zero-order valence-corrected chi connectivity index (χ0v) is 35.8. The number of carbonyl (C=O) groups is 2. The van der Waals surface area contributed by atoms with E-state index in [1.54, 1.807) is 33.8 Å². The van der Waals surface area contributed by atoms with Crippen LogP contribution in [0.3, 0.4) is 0 Å². The van der Waals surface area contributed by atoms with Crippen molar-refractivity contribution in [3.63, 3.8) is 0 Å². The van der Waals surface area contributed by atoms with Gasteiger partial charge in [-0.2, -0.15) is 0 Å². The minimum atomic E-state index is -2.13. The zero-order chi connectivity index (χ0) is 42.1. The summed E-state index contributed by atoms with van der Waals surface area (Å²) < 4.78 is 20.1. The Morgan fingerprint density at radius 2 is 1.52 bits per heavy atom. The minimum absolute atomic E-state index is 0.154. The molecule has 11 nitrogen and oxygen atoms in total. The second kappa shape index (κ2) is 21.3. The Morgan fingerprint density at radius 1 is 0.839 bits per heavy atom. The third-order valence-corrected chi connectivity index (χ3v) is 13.7. The first-order valence-electron chi connectivity index (χ1n) is 21.4. The van der Waals surface area contributed by atoms with Crippen LogP contribution >= 0.6 is 0 Å². The Bertz CT molecular complexity index is 1330. The van der Waals surface area contributed by atoms with Crippen LogP contribution in [-0.4, -0.2) is 103 Å². The third kappa shape index (κ3) is 12.1. The van der Waals surface area contributed by atoms with Gasteiger partial charge in [-0.05, 0) is 69.6 Å². The largest absolute Gasteiger partial charge is 0.458 e. The van der Waals surface area contributed by atoms with Crippen molar-refractivity contribution in [1.82, 2.24) is 0 Å². The van der Waals surface area contributed by atoms with E-state index < -0.39 is 89.9 Å². The molecule has 11 heteroatoms. The van der Waals surface area contributed by atoms with Crippen LogP contribution in [0, 0.1) is 47.3 Å². The average Bonchev–Trinajstić information content (AvgIpc) is 3.17. The van der Waals surface area contributed by atoms with E-state index in [4.69, 9.17) is 14.2 Å². The molecule has 3 aliphatic heterocycles. The Labute approximate surface area is 336 Å². The highest BCUT2D eigenvalue weighted by atomic mass is 16.7. The van der Waals surface area contributed by atoms with Crippen molar-refractivity contribution < 1.29 is 54.4 Å². The van der Waals surface area contributed by atoms with Gasteiger partial charge in [0.15, 0.2) is 11.6 Å². The van der Waals surface area contributed by atoms with Crippen molar-refractivity contribution in [2.75, 3.05) is 0 Å². The molecule has 0 aromatic rings. The predicted molar refractivity (Wildman–Crippen MR) is 216 cm³/mol. The lowest BCUT2D eigenvalue weighted by Crippen LogP contribution is -2.62. The summed E-state index contributed by atoms with van der Waals surface area (Å²) >= 11 is 0. The number of ketones is 1. The van der Waals surface area contributed by atoms with Gasteiger partial charge in [0, 0.05) is 48.5 Å². The van der Waals surface area contributed by atoms with Crippen LogP contribution in [0.1, 0.15) is 127 Å². The van der Waals surface area contributed by atoms with Gasteiger partial charge in [-0.3, -0.25) is 4.79 Å². The molecule has 18 atom stereocenters. The zero-order valence-electron chi connectivity index (χ0n) is 35.8. The topological polar surface area (TPSA) is 183 Å². The summed E-state index contributed by atoms with van der Waals surface area (Å²) in [6.07, 6.45) is 9.11. The summed E-state index contributed by atoms with van der Waals surface area (Å²) in [6.45, 7) is 18.2. The number of Topliss-reactive ketones (excluding diaryl/α,β-unsaturated/α-hetero) is 1. The van der Waals surface area contributed by atoms with E-state index in [2.05, 4.69) is 26.8 Å². The van der Waals surface area contributed by atoms with Crippen molar-refractivity contribution in [1.29, 1.82) is 0 Å². The number of hydrogen-bond donors (Lipinski definition) is 6. The second-order valence-electron chi connectivity index (χ2n) is 18.0. The first kappa shape index (κ1) is 48.4. The molecule has 2 bridgehead atoms. The number of fused-ring (bicyclic) bond motifs is 2. The summed E-state index contributed by atoms with van der Waals surface area (Å²) in [5.74, 6) is -4.97. The lowest BCUT2D eigenvalue weighted by molar-refractivity contribution is -0.371. The Balaban J connectivity index is 1.97. The summed E-state index contributed by atoms with van der Waals surface area (Å²) in [7, 11) is 0. The number of carbonyl (C=O) groups excluding carboxylic acids is 2. The molecular formula is C45H76O11. The lowest BCUT2D eigenvalue weighted by atomic mass is 9.74. The minimum Gasteiger partial charge on any atom is -0.458 e. The summed E-state index contributed by atoms with van der Waals surface area (Å²) in [5.41, 5.74) is -2.13. The fraction of sp³-hybridized carbons (Fsp3) is 0.822. The fourth-order valence-corrected chi connectivity index (χ4v) is 8.85. The number of hydrogen-bond acceptors (Lipinski definition) is 11. The van der Waals surface area contributed by atoms with Gasteiger partial charge in [0.05, 0.1) is 42.7 Å². The van der Waals surface area contributed by atoms with E-state index in [-0.39, 0.29) is 35.9 Å². The van der Waals surface area contributed by atoms with Crippen LogP contribution in [0.25, 0.3) is 0 Å². The standard InChI is InChI=1S/C45H76O11/c1-11-33-17-15-13-14-16-28(5)43(52)44(10,53)38(48)25-35(47)29(6)41(51)31(8)40(50)27(4)18-21-39(49)54-42-30(7)36(20-19-33)55-45(32(42)9)23-22-26(3)37(56-45)24-34(46)12-2/h13-15,17-18,21,26-37,40-43,46-47,50-53H,11-12,16,19-20,22-25H2,1-10H3. The van der Waals surface area contributed by atoms with Crippen LogP contribution in [0.5, 0.6) is 0 Å². The average molecular weight is 793 g/mol. The van der Waals surface area contributed by atoms with E-state index in [0.29, 0.717) is 32.1 Å². The van der Waals surface area contributed by atoms with E-state index >= 15 is 0 Å². The van der Waals surface area contributed by atoms with E-state index in [1.165, 1.54) is 13.0 Å². The molecule has 56 heavy (non-hydrogen) atoms. The molecular weight excluding hydrogens is 716 g/mol. The molecule has 2 fully saturated rings. The van der Waals surface area contributed by atoms with Gasteiger partial charge in [-0.25, -0.2) is 4.79 Å². The van der Waals surface area contributed by atoms with Crippen LogP contribution in [0.2, 0.25) is 0 Å². The Kier molecular flexibility index (Phi) is 18.4. The molecule has 2 saturated heterocycles. The number of rotatable bonds is 4. The second-order valence-corrected chi connectivity index (χ2v) is 18.0. The first-order valence-corrected chi connectivity index (χ1v) is 21.4. The molecule has 0 amide bonds. The molecule has 0 aliphatic carbocycles. The van der Waals surface area contributed by atoms with Gasteiger partial charge in [0.1, 0.15) is 11.7 Å². The third-order valence-electron chi connectivity index (χ3n) is 13.7. The monoisotopic (exact) mass is 793 g/mol. The number of esters is 1. The quantitative estimate of drug-likeness (QED) is 0.189. The van der Waals surface area contributed by atoms with Crippen LogP contribution in [-0.2, 0) is 23.8 Å². The molecule has 3 heterocycles. The van der Waals surface area contributed by atoms with Gasteiger partial charge < -0.3 is 44.8 Å². The van der Waals surface area contributed by atoms with Crippen LogP contribution in [0.15, 0.2) is 36.5 Å². The van der Waals surface area contributed by atoms with Gasteiger partial charge in [0.25, 0.3) is 0 Å². The maximum absolute atomic E-state index is 13.6. The molecule has 322 valence electrons. The highest BCUT2D eigenvalue weighted by Gasteiger charge is 2.56. The SMILES string of the molecule is CCC(O)CC1OC2(CCC1C)OC1CCC(CC)C=CC=CCC(C)C(O)C(C)(O)C(=O)CC(O)C(C)C(O)C(C)C(O)C(C)C=CC(=O)OC(C1C)C2C. The molecule has 0 radical (unpaired) electrons. The van der Waals surface area contributed by atoms with Crippen molar-refractivity contribution >= 4 is 11.8 Å². The number of allylic oxidation sites excluding steroid dienone is 4. The van der Waals surface area contributed by atoms with Crippen molar-refractivity contribution in [2.24, 2.45) is 47.3 Å². The molecule has 3 aliphatic rings. The smallest absolute Gasteiger partial charge is 0.330 e. The number of aliphatic hydroxyl groups is 6. The van der Waals surface area contributed by atoms with Crippen LogP contribution in [0.4, 0.5) is 0 Å². The van der Waals surface area contributed by atoms with Crippen molar-refractivity contribution in [2.45, 2.75) is 187 Å². The Hall–Kier alpha value is -1.96. The number of ether oxygens (including phenoxy) is 3. The Morgan fingerprint density at radius 3 is 2.16 bits per heavy atom. The molecule has 18 unspecified atom stereocenters. The molecule has 6 N–H and O–H groups in total. The summed E-state index contributed by atoms with van der Waals surface area (Å²) in [5, 5.41) is 66.1. The fourth-order valence-electron chi connectivity index (χ4n) is 8.85. The molecule has 0 aromatic heterocycles. The van der Waals surface area contributed by atoms with E-state index in [0.717, 1.165) is 19.3 Å². The highest BCUT2D eigenvalue weighted by molar-refractivity contribution is 5.87. The van der Waals surface area contributed by atoms with E-state index in [9.17, 15) is 40.2 Å². The van der Waals surface area contributed by atoms with Crippen molar-refractivity contribution in [3.05, 3.63) is 36.5 Å². The first-order chi connectivity index (χ1) is 26.2. The van der Waals surface area contributed by atoms with Gasteiger partial charge in [0.2, 0.25) is 0 Å². The summed E-state index contributed by atoms with van der Waals surface area (Å²) in [6, 6.07) is 0. The van der Waals surface area contributed by atoms with Crippen molar-refractivity contribution in [3.8, 4) is 0 Å². The van der Waals surface area contributed by atoms with E-state index in [1.807, 2.05) is 32.1 Å². The van der Waals surface area contributed by atoms with Crippen LogP contribution < -0.4 is 0 Å². The lowest BCUT2D eigenvalue weighted by Gasteiger charge is -2.55. The summed E-state index contributed by atoms with van der Waals surface area (Å²) in [4.78, 5) is 26.7. The maximum Gasteiger partial charge on any atom is 0.330 e. The van der Waals surface area contributed by atoms with Gasteiger partial charge in [-0.15, -0.1) is 0 Å². The molecule has 1 spiro atoms. The predicted octanol–water partition coefficient (Wildman–Crippen LogP) is 5.82. The molecule has 0 aromatic carbocycles. The molecule has 0 saturated carbocycles. The van der Waals surface area contributed by atoms with Gasteiger partial charge in [-0.1, -0.05) is 92.7 Å². The number of aliphatic hydroxyl groups excluding tert-OH is 5. The maximum atomic E-state index is 13.6. The normalized spacial score (nSPS) is 45.0. The van der Waals surface area contributed by atoms with Gasteiger partial charge >= 0.3 is 5.97 Å².